The van der Waals surface area contributed by atoms with Crippen LogP contribution in [0.25, 0.3) is 0 Å². The van der Waals surface area contributed by atoms with Crippen molar-refractivity contribution in [3.05, 3.63) is 28.2 Å². The molecule has 0 spiro atoms. The van der Waals surface area contributed by atoms with Crippen molar-refractivity contribution in [1.82, 2.24) is 5.32 Å². The lowest BCUT2D eigenvalue weighted by Gasteiger charge is -2.17. The normalized spacial score (nSPS) is 17.4. The molecule has 1 unspecified atom stereocenters. The van der Waals surface area contributed by atoms with Gasteiger partial charge in [-0.1, -0.05) is 18.9 Å². The lowest BCUT2D eigenvalue weighted by atomic mass is 10.1. The first-order valence-corrected chi connectivity index (χ1v) is 8.18. The largest absolute Gasteiger partial charge is 0.496 e. The predicted molar refractivity (Wildman–Crippen MR) is 85.3 cm³/mol. The summed E-state index contributed by atoms with van der Waals surface area (Å²) in [4.78, 5) is 0. The summed E-state index contributed by atoms with van der Waals surface area (Å²) in [5.74, 6) is 0.866. The molecule has 112 valence electrons. The number of hydrogen-bond acceptors (Lipinski definition) is 3. The first kappa shape index (κ1) is 15.8. The lowest BCUT2D eigenvalue weighted by Crippen LogP contribution is -2.25. The Morgan fingerprint density at radius 2 is 2.10 bits per heavy atom. The van der Waals surface area contributed by atoms with Gasteiger partial charge >= 0.3 is 0 Å². The van der Waals surface area contributed by atoms with Crippen LogP contribution in [0, 0.1) is 0 Å². The second-order valence-corrected chi connectivity index (χ2v) is 6.20. The van der Waals surface area contributed by atoms with Gasteiger partial charge in [-0.2, -0.15) is 0 Å². The van der Waals surface area contributed by atoms with Crippen LogP contribution in [-0.2, 0) is 4.74 Å². The van der Waals surface area contributed by atoms with E-state index in [4.69, 9.17) is 9.47 Å². The summed E-state index contributed by atoms with van der Waals surface area (Å²) in [7, 11) is 1.68. The summed E-state index contributed by atoms with van der Waals surface area (Å²) >= 11 is 3.52. The van der Waals surface area contributed by atoms with Crippen molar-refractivity contribution in [3.63, 3.8) is 0 Å². The van der Waals surface area contributed by atoms with Gasteiger partial charge in [0.15, 0.2) is 0 Å². The number of methoxy groups -OCH3 is 1. The molecule has 0 amide bonds. The average molecular weight is 342 g/mol. The fraction of sp³-hybridized carbons (Fsp3) is 0.625. The molecule has 4 heteroatoms. The minimum absolute atomic E-state index is 0.310. The zero-order chi connectivity index (χ0) is 14.4. The van der Waals surface area contributed by atoms with Crippen LogP contribution < -0.4 is 10.1 Å². The lowest BCUT2D eigenvalue weighted by molar-refractivity contribution is 0.0593. The third kappa shape index (κ3) is 4.47. The van der Waals surface area contributed by atoms with Gasteiger partial charge in [0.1, 0.15) is 5.75 Å². The third-order valence-corrected chi connectivity index (χ3v) is 4.50. The van der Waals surface area contributed by atoms with Crippen molar-refractivity contribution >= 4 is 15.9 Å². The molecule has 0 bridgehead atoms. The van der Waals surface area contributed by atoms with E-state index in [9.17, 15) is 0 Å². The summed E-state index contributed by atoms with van der Waals surface area (Å²) in [6, 6.07) is 6.50. The van der Waals surface area contributed by atoms with Crippen LogP contribution in [0.2, 0.25) is 0 Å². The summed E-state index contributed by atoms with van der Waals surface area (Å²) in [5, 5.41) is 3.50. The molecule has 1 aromatic carbocycles. The quantitative estimate of drug-likeness (QED) is 0.758. The first-order chi connectivity index (χ1) is 9.70. The fourth-order valence-electron chi connectivity index (χ4n) is 2.63. The number of rotatable bonds is 7. The van der Waals surface area contributed by atoms with Crippen molar-refractivity contribution in [1.29, 1.82) is 0 Å². The highest BCUT2D eigenvalue weighted by Crippen LogP contribution is 2.28. The van der Waals surface area contributed by atoms with Crippen molar-refractivity contribution in [2.24, 2.45) is 0 Å². The molecule has 1 aliphatic rings. The van der Waals surface area contributed by atoms with E-state index < -0.39 is 0 Å². The van der Waals surface area contributed by atoms with E-state index in [0.29, 0.717) is 12.1 Å². The second-order valence-electron chi connectivity index (χ2n) is 5.35. The minimum atomic E-state index is 0.310. The molecule has 1 aromatic rings. The SMILES string of the molecule is COc1ccc(C(C)NCCOC2CCCC2)cc1Br. The van der Waals surface area contributed by atoms with Crippen LogP contribution in [0.15, 0.2) is 22.7 Å². The molecule has 1 N–H and O–H groups in total. The summed E-state index contributed by atoms with van der Waals surface area (Å²) < 4.78 is 12.1. The molecular weight excluding hydrogens is 318 g/mol. The Balaban J connectivity index is 1.73. The van der Waals surface area contributed by atoms with Crippen LogP contribution in [0.4, 0.5) is 0 Å². The van der Waals surface area contributed by atoms with Gasteiger partial charge in [0.2, 0.25) is 0 Å². The minimum Gasteiger partial charge on any atom is -0.496 e. The molecule has 20 heavy (non-hydrogen) atoms. The molecule has 2 rings (SSSR count). The van der Waals surface area contributed by atoms with E-state index in [0.717, 1.165) is 23.4 Å². The number of hydrogen-bond donors (Lipinski definition) is 1. The maximum Gasteiger partial charge on any atom is 0.133 e. The van der Waals surface area contributed by atoms with E-state index in [2.05, 4.69) is 40.3 Å². The molecule has 0 heterocycles. The molecule has 1 fully saturated rings. The molecule has 3 nitrogen and oxygen atoms in total. The summed E-state index contributed by atoms with van der Waals surface area (Å²) in [6.45, 7) is 3.86. The van der Waals surface area contributed by atoms with Gasteiger partial charge in [0.05, 0.1) is 24.3 Å². The maximum absolute atomic E-state index is 5.86. The van der Waals surface area contributed by atoms with Crippen LogP contribution >= 0.6 is 15.9 Å². The molecule has 1 atom stereocenters. The first-order valence-electron chi connectivity index (χ1n) is 7.39. The van der Waals surface area contributed by atoms with Crippen molar-refractivity contribution in [2.75, 3.05) is 20.3 Å². The number of ether oxygens (including phenoxy) is 2. The highest BCUT2D eigenvalue weighted by molar-refractivity contribution is 9.10. The van der Waals surface area contributed by atoms with Crippen LogP contribution in [0.1, 0.15) is 44.2 Å². The van der Waals surface area contributed by atoms with Gasteiger partial charge in [-0.05, 0) is 53.4 Å². The Bertz CT molecular complexity index is 419. The Labute approximate surface area is 130 Å². The topological polar surface area (TPSA) is 30.5 Å². The molecule has 0 saturated heterocycles. The second kappa shape index (κ2) is 8.01. The fourth-order valence-corrected chi connectivity index (χ4v) is 3.18. The van der Waals surface area contributed by atoms with Crippen molar-refractivity contribution < 1.29 is 9.47 Å². The Morgan fingerprint density at radius 3 is 2.75 bits per heavy atom. The Morgan fingerprint density at radius 1 is 1.35 bits per heavy atom. The molecule has 0 aliphatic heterocycles. The van der Waals surface area contributed by atoms with Gasteiger partial charge in [-0.25, -0.2) is 0 Å². The van der Waals surface area contributed by atoms with Crippen LogP contribution in [0.3, 0.4) is 0 Å². The van der Waals surface area contributed by atoms with Crippen LogP contribution in [-0.4, -0.2) is 26.4 Å². The zero-order valence-electron chi connectivity index (χ0n) is 12.3. The molecule has 0 radical (unpaired) electrons. The number of halogens is 1. The average Bonchev–Trinajstić information content (AvgIpc) is 2.96. The zero-order valence-corrected chi connectivity index (χ0v) is 13.9. The van der Waals surface area contributed by atoms with Gasteiger partial charge in [-0.15, -0.1) is 0 Å². The summed E-state index contributed by atoms with van der Waals surface area (Å²) in [5.41, 5.74) is 1.25. The number of nitrogens with one attached hydrogen (secondary N) is 1. The molecule has 1 saturated carbocycles. The highest BCUT2D eigenvalue weighted by Gasteiger charge is 2.15. The van der Waals surface area contributed by atoms with Crippen LogP contribution in [0.5, 0.6) is 5.75 Å². The Kier molecular flexibility index (Phi) is 6.33. The van der Waals surface area contributed by atoms with E-state index in [1.807, 2.05) is 6.07 Å². The van der Waals surface area contributed by atoms with Gasteiger partial charge in [0, 0.05) is 12.6 Å². The van der Waals surface area contributed by atoms with Gasteiger partial charge in [-0.3, -0.25) is 0 Å². The van der Waals surface area contributed by atoms with E-state index in [1.54, 1.807) is 7.11 Å². The standard InChI is InChI=1S/C16H24BrNO2/c1-12(13-7-8-16(19-2)15(17)11-13)18-9-10-20-14-5-3-4-6-14/h7-8,11-12,14,18H,3-6,9-10H2,1-2H3. The van der Waals surface area contributed by atoms with E-state index >= 15 is 0 Å². The third-order valence-electron chi connectivity index (χ3n) is 3.88. The van der Waals surface area contributed by atoms with Gasteiger partial charge < -0.3 is 14.8 Å². The molecule has 1 aliphatic carbocycles. The number of benzene rings is 1. The monoisotopic (exact) mass is 341 g/mol. The van der Waals surface area contributed by atoms with E-state index in [-0.39, 0.29) is 0 Å². The maximum atomic E-state index is 5.86. The Hall–Kier alpha value is -0.580. The van der Waals surface area contributed by atoms with E-state index in [1.165, 1.54) is 31.2 Å². The smallest absolute Gasteiger partial charge is 0.133 e. The van der Waals surface area contributed by atoms with Gasteiger partial charge in [0.25, 0.3) is 0 Å². The van der Waals surface area contributed by atoms with Crippen molar-refractivity contribution in [3.8, 4) is 5.75 Å². The molecule has 0 aromatic heterocycles. The highest BCUT2D eigenvalue weighted by atomic mass is 79.9. The molecular formula is C16H24BrNO2. The van der Waals surface area contributed by atoms with Crippen molar-refractivity contribution in [2.45, 2.75) is 44.8 Å². The predicted octanol–water partition coefficient (Wildman–Crippen LogP) is 4.07. The summed E-state index contributed by atoms with van der Waals surface area (Å²) in [6.07, 6.45) is 5.63.